The van der Waals surface area contributed by atoms with Gasteiger partial charge >= 0.3 is 0 Å². The van der Waals surface area contributed by atoms with Gasteiger partial charge in [-0.2, -0.15) is 4.98 Å². The second-order valence-corrected chi connectivity index (χ2v) is 4.96. The quantitative estimate of drug-likeness (QED) is 0.742. The third-order valence-corrected chi connectivity index (χ3v) is 3.18. The number of nitrogens with zero attached hydrogens (tertiary/aromatic N) is 3. The van der Waals surface area contributed by atoms with Gasteiger partial charge < -0.3 is 10.6 Å². The normalized spacial score (nSPS) is 10.5. The zero-order valence-electron chi connectivity index (χ0n) is 12.9. The van der Waals surface area contributed by atoms with Crippen LogP contribution < -0.4 is 10.6 Å². The second-order valence-electron chi connectivity index (χ2n) is 4.96. The second kappa shape index (κ2) is 6.99. The van der Waals surface area contributed by atoms with Gasteiger partial charge in [0.2, 0.25) is 5.95 Å². The van der Waals surface area contributed by atoms with E-state index in [1.54, 1.807) is 12.3 Å². The Morgan fingerprint density at radius 3 is 2.58 bits per heavy atom. The van der Waals surface area contributed by atoms with E-state index < -0.39 is 11.6 Å². The van der Waals surface area contributed by atoms with Crippen molar-refractivity contribution in [1.29, 1.82) is 0 Å². The van der Waals surface area contributed by atoms with Crippen molar-refractivity contribution >= 4 is 17.5 Å². The molecule has 2 heterocycles. The van der Waals surface area contributed by atoms with Crippen LogP contribution in [0.25, 0.3) is 11.4 Å². The largest absolute Gasteiger partial charge is 0.354 e. The molecule has 0 radical (unpaired) electrons. The van der Waals surface area contributed by atoms with E-state index >= 15 is 0 Å². The molecule has 2 N–H and O–H groups in total. The molecule has 24 heavy (non-hydrogen) atoms. The lowest BCUT2D eigenvalue weighted by Crippen LogP contribution is -2.06. The van der Waals surface area contributed by atoms with E-state index in [4.69, 9.17) is 0 Å². The van der Waals surface area contributed by atoms with E-state index in [1.807, 2.05) is 25.1 Å². The molecule has 0 spiro atoms. The Bertz CT molecular complexity index is 840. The number of nitrogens with one attached hydrogen (secondary N) is 2. The number of aromatic nitrogens is 3. The maximum atomic E-state index is 13.8. The lowest BCUT2D eigenvalue weighted by molar-refractivity contribution is 0.586. The maximum Gasteiger partial charge on any atom is 0.225 e. The predicted octanol–water partition coefficient (Wildman–Crippen LogP) is 3.99. The van der Waals surface area contributed by atoms with E-state index in [2.05, 4.69) is 25.6 Å². The molecule has 3 aromatic rings. The Hall–Kier alpha value is -3.09. The summed E-state index contributed by atoms with van der Waals surface area (Å²) in [6.45, 7) is 2.56. The topological polar surface area (TPSA) is 62.7 Å². The fourth-order valence-corrected chi connectivity index (χ4v) is 2.12. The summed E-state index contributed by atoms with van der Waals surface area (Å²) in [4.78, 5) is 12.9. The first-order valence-corrected chi connectivity index (χ1v) is 7.42. The molecule has 0 aliphatic rings. The molecule has 0 saturated heterocycles. The van der Waals surface area contributed by atoms with E-state index in [1.165, 1.54) is 12.1 Å². The van der Waals surface area contributed by atoms with Crippen LogP contribution in [0.1, 0.15) is 6.92 Å². The van der Waals surface area contributed by atoms with Gasteiger partial charge in [0.05, 0.1) is 17.1 Å². The van der Waals surface area contributed by atoms with E-state index in [0.717, 1.165) is 6.07 Å². The highest BCUT2D eigenvalue weighted by Gasteiger charge is 2.10. The highest BCUT2D eigenvalue weighted by atomic mass is 19.1. The van der Waals surface area contributed by atoms with E-state index in [0.29, 0.717) is 29.7 Å². The molecule has 0 atom stereocenters. The summed E-state index contributed by atoms with van der Waals surface area (Å²) < 4.78 is 26.9. The summed E-state index contributed by atoms with van der Waals surface area (Å²) in [5.74, 6) is -0.556. The molecule has 0 unspecified atom stereocenters. The molecular formula is C17H15F2N5. The summed E-state index contributed by atoms with van der Waals surface area (Å²) in [7, 11) is 0. The van der Waals surface area contributed by atoms with E-state index in [9.17, 15) is 8.78 Å². The van der Waals surface area contributed by atoms with Crippen LogP contribution in [0.3, 0.4) is 0 Å². The first-order chi connectivity index (χ1) is 11.7. The summed E-state index contributed by atoms with van der Waals surface area (Å²) in [5.41, 5.74) is 1.39. The third kappa shape index (κ3) is 3.62. The Labute approximate surface area is 137 Å². The van der Waals surface area contributed by atoms with Gasteiger partial charge in [-0.1, -0.05) is 6.07 Å². The van der Waals surface area contributed by atoms with Gasteiger partial charge in [0.15, 0.2) is 0 Å². The summed E-state index contributed by atoms with van der Waals surface area (Å²) in [6.07, 6.45) is 1.66. The Morgan fingerprint density at radius 1 is 1.00 bits per heavy atom. The van der Waals surface area contributed by atoms with Gasteiger partial charge in [0.1, 0.15) is 17.5 Å². The fourth-order valence-electron chi connectivity index (χ4n) is 2.12. The van der Waals surface area contributed by atoms with Crippen LogP contribution in [0.5, 0.6) is 0 Å². The van der Waals surface area contributed by atoms with Crippen LogP contribution in [0.4, 0.5) is 26.2 Å². The molecule has 3 rings (SSSR count). The molecule has 0 amide bonds. The van der Waals surface area contributed by atoms with Crippen molar-refractivity contribution in [3.8, 4) is 11.4 Å². The van der Waals surface area contributed by atoms with Gasteiger partial charge in [-0.15, -0.1) is 0 Å². The molecule has 0 aliphatic carbocycles. The Kier molecular flexibility index (Phi) is 4.60. The first kappa shape index (κ1) is 15.8. The standard InChI is InChI=1S/C17H15F2N5/c1-2-20-17-23-15(14-5-3-4-8-21-14)10-16(24-17)22-13-7-6-11(18)9-12(13)19/h3-10H,2H2,1H3,(H2,20,22,23,24). The molecule has 0 fully saturated rings. The average Bonchev–Trinajstić information content (AvgIpc) is 2.58. The van der Waals surface area contributed by atoms with Crippen molar-refractivity contribution < 1.29 is 8.78 Å². The molecule has 122 valence electrons. The van der Waals surface area contributed by atoms with Crippen molar-refractivity contribution in [2.45, 2.75) is 6.92 Å². The third-order valence-electron chi connectivity index (χ3n) is 3.18. The first-order valence-electron chi connectivity index (χ1n) is 7.42. The number of anilines is 3. The highest BCUT2D eigenvalue weighted by molar-refractivity contribution is 5.65. The summed E-state index contributed by atoms with van der Waals surface area (Å²) >= 11 is 0. The van der Waals surface area contributed by atoms with Gasteiger partial charge in [-0.3, -0.25) is 4.98 Å². The smallest absolute Gasteiger partial charge is 0.225 e. The van der Waals surface area contributed by atoms with Gasteiger partial charge in [0.25, 0.3) is 0 Å². The van der Waals surface area contributed by atoms with Crippen LogP contribution >= 0.6 is 0 Å². The minimum Gasteiger partial charge on any atom is -0.354 e. The lowest BCUT2D eigenvalue weighted by atomic mass is 10.2. The minimum atomic E-state index is -0.696. The fraction of sp³-hybridized carbons (Fsp3) is 0.118. The Balaban J connectivity index is 1.99. The van der Waals surface area contributed by atoms with Crippen LogP contribution in [0.15, 0.2) is 48.7 Å². The van der Waals surface area contributed by atoms with Crippen molar-refractivity contribution in [3.63, 3.8) is 0 Å². The van der Waals surface area contributed by atoms with Gasteiger partial charge in [-0.05, 0) is 31.2 Å². The van der Waals surface area contributed by atoms with Crippen LogP contribution in [0, 0.1) is 11.6 Å². The zero-order chi connectivity index (χ0) is 16.9. The molecule has 0 aliphatic heterocycles. The number of rotatable bonds is 5. The van der Waals surface area contributed by atoms with Crippen LogP contribution in [-0.4, -0.2) is 21.5 Å². The van der Waals surface area contributed by atoms with Gasteiger partial charge in [-0.25, -0.2) is 13.8 Å². The van der Waals surface area contributed by atoms with Crippen molar-refractivity contribution in [2.24, 2.45) is 0 Å². The summed E-state index contributed by atoms with van der Waals surface area (Å²) in [6, 6.07) is 10.4. The number of hydrogen-bond acceptors (Lipinski definition) is 5. The SMILES string of the molecule is CCNc1nc(Nc2ccc(F)cc2F)cc(-c2ccccn2)n1. The zero-order valence-corrected chi connectivity index (χ0v) is 12.9. The molecule has 2 aromatic heterocycles. The van der Waals surface area contributed by atoms with Crippen LogP contribution in [0.2, 0.25) is 0 Å². The number of benzene rings is 1. The van der Waals surface area contributed by atoms with Gasteiger partial charge in [0, 0.05) is 24.9 Å². The number of hydrogen-bond donors (Lipinski definition) is 2. The molecule has 1 aromatic carbocycles. The lowest BCUT2D eigenvalue weighted by Gasteiger charge is -2.11. The average molecular weight is 327 g/mol. The van der Waals surface area contributed by atoms with Crippen LogP contribution in [-0.2, 0) is 0 Å². The van der Waals surface area contributed by atoms with Crippen molar-refractivity contribution in [3.05, 3.63) is 60.3 Å². The van der Waals surface area contributed by atoms with Crippen molar-refractivity contribution in [1.82, 2.24) is 15.0 Å². The maximum absolute atomic E-state index is 13.8. The predicted molar refractivity (Wildman–Crippen MR) is 89.1 cm³/mol. The molecule has 5 nitrogen and oxygen atoms in total. The Morgan fingerprint density at radius 2 is 1.88 bits per heavy atom. The molecule has 0 saturated carbocycles. The minimum absolute atomic E-state index is 0.129. The highest BCUT2D eigenvalue weighted by Crippen LogP contribution is 2.24. The van der Waals surface area contributed by atoms with Crippen molar-refractivity contribution in [2.75, 3.05) is 17.2 Å². The monoisotopic (exact) mass is 327 g/mol. The number of pyridine rings is 1. The molecule has 7 heteroatoms. The summed E-state index contributed by atoms with van der Waals surface area (Å²) in [5, 5.41) is 5.87. The molecule has 0 bridgehead atoms. The molecular weight excluding hydrogens is 312 g/mol. The van der Waals surface area contributed by atoms with E-state index in [-0.39, 0.29) is 5.69 Å². The number of halogens is 2.